The smallest absolute Gasteiger partial charge is 0.283 e. The average molecular weight is 579 g/mol. The number of hydrogen-bond acceptors (Lipinski definition) is 6. The number of nitrogens with one attached hydrogen (secondary N) is 2. The van der Waals surface area contributed by atoms with Gasteiger partial charge in [-0.15, -0.1) is 0 Å². The molecule has 0 aromatic heterocycles. The molecule has 0 aliphatic rings. The first kappa shape index (κ1) is 28.2. The lowest BCUT2D eigenvalue weighted by Crippen LogP contribution is -2.15. The van der Waals surface area contributed by atoms with Crippen molar-refractivity contribution >= 4 is 57.8 Å². The van der Waals surface area contributed by atoms with Crippen LogP contribution >= 0.6 is 23.2 Å². The minimum atomic E-state index is -0.665. The standard InChI is InChI=1S/C28H20Cl2N4O6/c1-15-11-17(3-9-23(15)31-27(35)21-7-5-19(29)13-25(21)33(37)38)18-4-10-24(16(2)12-18)32-28(36)22-8-6-20(30)14-26(22)34(39)40/h3-14H,1-2H3,(H,31,35)(H,32,36). The zero-order chi connectivity index (χ0) is 29.1. The molecule has 4 aromatic rings. The highest BCUT2D eigenvalue weighted by Gasteiger charge is 2.22. The van der Waals surface area contributed by atoms with Gasteiger partial charge in [-0.2, -0.15) is 0 Å². The summed E-state index contributed by atoms with van der Waals surface area (Å²) < 4.78 is 0. The number of rotatable bonds is 7. The Morgan fingerprint density at radius 2 is 1.00 bits per heavy atom. The van der Waals surface area contributed by atoms with E-state index in [4.69, 9.17) is 23.2 Å². The van der Waals surface area contributed by atoms with Gasteiger partial charge in [-0.25, -0.2) is 0 Å². The zero-order valence-corrected chi connectivity index (χ0v) is 22.5. The minimum absolute atomic E-state index is 0.116. The lowest BCUT2D eigenvalue weighted by atomic mass is 9.99. The summed E-state index contributed by atoms with van der Waals surface area (Å²) in [6.07, 6.45) is 0. The molecule has 40 heavy (non-hydrogen) atoms. The summed E-state index contributed by atoms with van der Waals surface area (Å²) in [5.74, 6) is -1.29. The van der Waals surface area contributed by atoms with Gasteiger partial charge in [0.25, 0.3) is 23.2 Å². The van der Waals surface area contributed by atoms with Crippen LogP contribution in [0.5, 0.6) is 0 Å². The van der Waals surface area contributed by atoms with Crippen molar-refractivity contribution in [3.63, 3.8) is 0 Å². The van der Waals surface area contributed by atoms with Crippen molar-refractivity contribution < 1.29 is 19.4 Å². The Labute approximate surface area is 237 Å². The second-order valence-corrected chi connectivity index (χ2v) is 9.68. The molecular weight excluding hydrogens is 559 g/mol. The van der Waals surface area contributed by atoms with E-state index in [1.807, 2.05) is 12.1 Å². The maximum Gasteiger partial charge on any atom is 0.283 e. The molecule has 0 atom stereocenters. The molecular formula is C28H20Cl2N4O6. The van der Waals surface area contributed by atoms with E-state index in [0.717, 1.165) is 23.3 Å². The summed E-state index contributed by atoms with van der Waals surface area (Å²) in [4.78, 5) is 46.9. The fourth-order valence-electron chi connectivity index (χ4n) is 4.04. The number of amides is 2. The van der Waals surface area contributed by atoms with Crippen LogP contribution in [-0.4, -0.2) is 21.7 Å². The van der Waals surface area contributed by atoms with Crippen molar-refractivity contribution in [3.05, 3.63) is 125 Å². The van der Waals surface area contributed by atoms with Gasteiger partial charge in [-0.3, -0.25) is 29.8 Å². The number of carbonyl (C=O) groups excluding carboxylic acids is 2. The van der Waals surface area contributed by atoms with E-state index in [-0.39, 0.29) is 21.2 Å². The van der Waals surface area contributed by atoms with Crippen molar-refractivity contribution in [1.29, 1.82) is 0 Å². The van der Waals surface area contributed by atoms with Gasteiger partial charge < -0.3 is 10.6 Å². The third-order valence-electron chi connectivity index (χ3n) is 6.08. The van der Waals surface area contributed by atoms with Gasteiger partial charge in [0, 0.05) is 33.6 Å². The Kier molecular flexibility index (Phi) is 8.13. The van der Waals surface area contributed by atoms with Crippen LogP contribution in [0.25, 0.3) is 11.1 Å². The molecule has 0 unspecified atom stereocenters. The Bertz CT molecular complexity index is 1580. The number of halogens is 2. The number of benzene rings is 4. The monoisotopic (exact) mass is 578 g/mol. The second kappa shape index (κ2) is 11.5. The lowest BCUT2D eigenvalue weighted by molar-refractivity contribution is -0.385. The van der Waals surface area contributed by atoms with E-state index in [2.05, 4.69) is 10.6 Å². The first-order valence-corrected chi connectivity index (χ1v) is 12.4. The van der Waals surface area contributed by atoms with Crippen molar-refractivity contribution in [1.82, 2.24) is 0 Å². The van der Waals surface area contributed by atoms with Gasteiger partial charge in [0.1, 0.15) is 11.1 Å². The van der Waals surface area contributed by atoms with Crippen LogP contribution in [0.15, 0.2) is 72.8 Å². The molecule has 0 aliphatic heterocycles. The van der Waals surface area contributed by atoms with Crippen LogP contribution < -0.4 is 10.6 Å². The minimum Gasteiger partial charge on any atom is -0.322 e. The number of hydrogen-bond donors (Lipinski definition) is 2. The Balaban J connectivity index is 1.53. The molecule has 0 bridgehead atoms. The molecule has 0 aliphatic carbocycles. The van der Waals surface area contributed by atoms with E-state index in [9.17, 15) is 29.8 Å². The van der Waals surface area contributed by atoms with Crippen LogP contribution in [0, 0.1) is 34.1 Å². The topological polar surface area (TPSA) is 144 Å². The van der Waals surface area contributed by atoms with Gasteiger partial charge in [0.05, 0.1) is 9.85 Å². The summed E-state index contributed by atoms with van der Waals surface area (Å²) in [7, 11) is 0. The van der Waals surface area contributed by atoms with E-state index in [1.165, 1.54) is 24.3 Å². The summed E-state index contributed by atoms with van der Waals surface area (Å²) in [6.45, 7) is 3.58. The number of nitro benzene ring substituents is 2. The number of aryl methyl sites for hydroxylation is 2. The highest BCUT2D eigenvalue weighted by molar-refractivity contribution is 6.31. The van der Waals surface area contributed by atoms with Crippen LogP contribution in [-0.2, 0) is 0 Å². The molecule has 202 valence electrons. The fraction of sp³-hybridized carbons (Fsp3) is 0.0714. The summed E-state index contributed by atoms with van der Waals surface area (Å²) in [5, 5.41) is 28.4. The van der Waals surface area contributed by atoms with Gasteiger partial charge in [0.2, 0.25) is 0 Å². The van der Waals surface area contributed by atoms with E-state index < -0.39 is 33.0 Å². The molecule has 0 heterocycles. The molecule has 0 saturated heterocycles. The normalized spacial score (nSPS) is 10.6. The predicted octanol–water partition coefficient (Wildman–Crippen LogP) is 7.60. The molecule has 10 nitrogen and oxygen atoms in total. The maximum atomic E-state index is 12.8. The zero-order valence-electron chi connectivity index (χ0n) is 21.0. The second-order valence-electron chi connectivity index (χ2n) is 8.80. The predicted molar refractivity (Wildman–Crippen MR) is 153 cm³/mol. The number of nitro groups is 2. The fourth-order valence-corrected chi connectivity index (χ4v) is 4.37. The maximum absolute atomic E-state index is 12.8. The van der Waals surface area contributed by atoms with Crippen LogP contribution in [0.4, 0.5) is 22.7 Å². The van der Waals surface area contributed by atoms with Crippen LogP contribution in [0.1, 0.15) is 31.8 Å². The van der Waals surface area contributed by atoms with E-state index >= 15 is 0 Å². The SMILES string of the molecule is Cc1cc(-c2ccc(NC(=O)c3ccc(Cl)cc3[N+](=O)[O-])c(C)c2)ccc1NC(=O)c1ccc(Cl)cc1[N+](=O)[O-]. The van der Waals surface area contributed by atoms with E-state index in [0.29, 0.717) is 22.5 Å². The number of anilines is 2. The molecule has 2 amide bonds. The van der Waals surface area contributed by atoms with E-state index in [1.54, 1.807) is 38.1 Å². The molecule has 4 aromatic carbocycles. The van der Waals surface area contributed by atoms with Crippen molar-refractivity contribution in [2.24, 2.45) is 0 Å². The third kappa shape index (κ3) is 6.09. The Morgan fingerprint density at radius 3 is 1.32 bits per heavy atom. The first-order chi connectivity index (χ1) is 18.9. The van der Waals surface area contributed by atoms with Crippen molar-refractivity contribution in [3.8, 4) is 11.1 Å². The molecule has 4 rings (SSSR count). The van der Waals surface area contributed by atoms with Gasteiger partial charge in [0.15, 0.2) is 0 Å². The molecule has 0 spiro atoms. The average Bonchev–Trinajstić information content (AvgIpc) is 2.90. The van der Waals surface area contributed by atoms with Crippen molar-refractivity contribution in [2.45, 2.75) is 13.8 Å². The van der Waals surface area contributed by atoms with Crippen LogP contribution in [0.3, 0.4) is 0 Å². The number of nitrogens with zero attached hydrogens (tertiary/aromatic N) is 2. The van der Waals surface area contributed by atoms with Gasteiger partial charge in [-0.1, -0.05) is 35.3 Å². The first-order valence-electron chi connectivity index (χ1n) is 11.7. The Hall–Kier alpha value is -4.80. The summed E-state index contributed by atoms with van der Waals surface area (Å²) in [5.41, 5.74) is 3.00. The quantitative estimate of drug-likeness (QED) is 0.170. The van der Waals surface area contributed by atoms with Crippen LogP contribution in [0.2, 0.25) is 10.0 Å². The highest BCUT2D eigenvalue weighted by Crippen LogP contribution is 2.30. The number of carbonyl (C=O) groups is 2. The molecule has 12 heteroatoms. The third-order valence-corrected chi connectivity index (χ3v) is 6.55. The van der Waals surface area contributed by atoms with Gasteiger partial charge in [-0.05, 0) is 84.6 Å². The highest BCUT2D eigenvalue weighted by atomic mass is 35.5. The molecule has 0 saturated carbocycles. The molecule has 0 fully saturated rings. The summed E-state index contributed by atoms with van der Waals surface area (Å²) >= 11 is 11.7. The molecule has 0 radical (unpaired) electrons. The summed E-state index contributed by atoms with van der Waals surface area (Å²) in [6, 6.07) is 18.3. The Morgan fingerprint density at radius 1 is 0.625 bits per heavy atom. The molecule has 2 N–H and O–H groups in total. The van der Waals surface area contributed by atoms with Gasteiger partial charge >= 0.3 is 0 Å². The largest absolute Gasteiger partial charge is 0.322 e. The lowest BCUT2D eigenvalue weighted by Gasteiger charge is -2.13. The van der Waals surface area contributed by atoms with Crippen molar-refractivity contribution in [2.75, 3.05) is 10.6 Å².